The van der Waals surface area contributed by atoms with Crippen LogP contribution in [0, 0.1) is 0 Å². The number of nitrogens with one attached hydrogen (secondary N) is 1. The first-order valence-corrected chi connectivity index (χ1v) is 8.75. The van der Waals surface area contributed by atoms with Gasteiger partial charge in [0, 0.05) is 31.5 Å². The molecule has 1 saturated heterocycles. The molecule has 1 atom stereocenters. The van der Waals surface area contributed by atoms with Crippen molar-refractivity contribution < 1.29 is 9.59 Å². The maximum Gasteiger partial charge on any atom is 0.223 e. The monoisotopic (exact) mass is 336 g/mol. The summed E-state index contributed by atoms with van der Waals surface area (Å²) in [5.74, 6) is 0.138. The number of likely N-dealkylation sites (tertiary alicyclic amines) is 1. The van der Waals surface area contributed by atoms with Gasteiger partial charge >= 0.3 is 0 Å². The number of carbonyl (C=O) groups excluding carboxylic acids is 2. The summed E-state index contributed by atoms with van der Waals surface area (Å²) >= 11 is 5.98. The lowest BCUT2D eigenvalue weighted by atomic mass is 10.0. The number of benzene rings is 1. The molecule has 1 aliphatic rings. The third kappa shape index (κ3) is 5.24. The van der Waals surface area contributed by atoms with Crippen LogP contribution < -0.4 is 5.32 Å². The molecule has 0 bridgehead atoms. The minimum absolute atomic E-state index is 0.0112. The van der Waals surface area contributed by atoms with Gasteiger partial charge < -0.3 is 10.2 Å². The Balaban J connectivity index is 2.03. The molecule has 2 amide bonds. The Bertz CT molecular complexity index is 530. The van der Waals surface area contributed by atoms with Crippen molar-refractivity contribution in [1.82, 2.24) is 10.2 Å². The third-order valence-electron chi connectivity index (χ3n) is 4.40. The van der Waals surface area contributed by atoms with E-state index in [1.54, 1.807) is 7.05 Å². The highest BCUT2D eigenvalue weighted by atomic mass is 35.5. The lowest BCUT2D eigenvalue weighted by molar-refractivity contribution is -0.133. The molecule has 5 heteroatoms. The first-order chi connectivity index (χ1) is 11.1. The van der Waals surface area contributed by atoms with Crippen LogP contribution in [0.1, 0.15) is 56.6 Å². The zero-order chi connectivity index (χ0) is 16.7. The van der Waals surface area contributed by atoms with E-state index in [0.717, 1.165) is 37.8 Å². The molecule has 0 saturated carbocycles. The third-order valence-corrected chi connectivity index (χ3v) is 4.65. The van der Waals surface area contributed by atoms with Crippen LogP contribution in [0.4, 0.5) is 0 Å². The van der Waals surface area contributed by atoms with Gasteiger partial charge in [-0.15, -0.1) is 0 Å². The predicted molar refractivity (Wildman–Crippen MR) is 92.3 cm³/mol. The van der Waals surface area contributed by atoms with Crippen molar-refractivity contribution in [2.45, 2.75) is 51.0 Å². The van der Waals surface area contributed by atoms with Gasteiger partial charge in [0.1, 0.15) is 0 Å². The molecule has 23 heavy (non-hydrogen) atoms. The number of amides is 2. The second-order valence-electron chi connectivity index (χ2n) is 6.03. The van der Waals surface area contributed by atoms with E-state index in [9.17, 15) is 9.59 Å². The van der Waals surface area contributed by atoms with Gasteiger partial charge in [0.2, 0.25) is 11.8 Å². The van der Waals surface area contributed by atoms with E-state index in [2.05, 4.69) is 5.32 Å². The number of carbonyl (C=O) groups is 2. The quantitative estimate of drug-likeness (QED) is 0.891. The molecule has 4 nitrogen and oxygen atoms in total. The molecule has 126 valence electrons. The zero-order valence-electron chi connectivity index (χ0n) is 13.7. The molecule has 0 unspecified atom stereocenters. The molecule has 2 rings (SSSR count). The summed E-state index contributed by atoms with van der Waals surface area (Å²) in [5, 5.41) is 3.31. The molecular weight excluding hydrogens is 312 g/mol. The van der Waals surface area contributed by atoms with Gasteiger partial charge in [0.25, 0.3) is 0 Å². The summed E-state index contributed by atoms with van der Waals surface area (Å²) in [7, 11) is 1.62. The van der Waals surface area contributed by atoms with Crippen molar-refractivity contribution in [3.8, 4) is 0 Å². The largest absolute Gasteiger partial charge is 0.359 e. The fraction of sp³-hybridized carbons (Fsp3) is 0.556. The van der Waals surface area contributed by atoms with E-state index < -0.39 is 0 Å². The van der Waals surface area contributed by atoms with Crippen molar-refractivity contribution in [1.29, 1.82) is 0 Å². The first kappa shape index (κ1) is 17.8. The summed E-state index contributed by atoms with van der Waals surface area (Å²) in [6, 6.07) is 7.93. The molecule has 1 aliphatic heterocycles. The molecule has 0 spiro atoms. The van der Waals surface area contributed by atoms with Crippen LogP contribution in [0.3, 0.4) is 0 Å². The predicted octanol–water partition coefficient (Wildman–Crippen LogP) is 3.70. The van der Waals surface area contributed by atoms with Gasteiger partial charge in [-0.1, -0.05) is 36.6 Å². The van der Waals surface area contributed by atoms with Crippen LogP contribution in [0.15, 0.2) is 24.3 Å². The van der Waals surface area contributed by atoms with Gasteiger partial charge in [-0.3, -0.25) is 9.59 Å². The van der Waals surface area contributed by atoms with E-state index >= 15 is 0 Å². The highest BCUT2D eigenvalue weighted by molar-refractivity contribution is 6.30. The Morgan fingerprint density at radius 2 is 1.91 bits per heavy atom. The average molecular weight is 337 g/mol. The Labute approximate surface area is 143 Å². The van der Waals surface area contributed by atoms with Gasteiger partial charge in [0.05, 0.1) is 6.04 Å². The molecule has 1 fully saturated rings. The van der Waals surface area contributed by atoms with Crippen molar-refractivity contribution in [3.63, 3.8) is 0 Å². The van der Waals surface area contributed by atoms with Crippen molar-refractivity contribution >= 4 is 23.4 Å². The molecule has 0 aliphatic carbocycles. The highest BCUT2D eigenvalue weighted by Crippen LogP contribution is 2.31. The lowest BCUT2D eigenvalue weighted by Gasteiger charge is -2.30. The van der Waals surface area contributed by atoms with Crippen molar-refractivity contribution in [2.75, 3.05) is 13.6 Å². The van der Waals surface area contributed by atoms with Crippen LogP contribution in [-0.4, -0.2) is 30.3 Å². The van der Waals surface area contributed by atoms with E-state index in [1.807, 2.05) is 29.2 Å². The van der Waals surface area contributed by atoms with Crippen molar-refractivity contribution in [3.05, 3.63) is 34.9 Å². The summed E-state index contributed by atoms with van der Waals surface area (Å²) in [6.07, 6.45) is 5.76. The normalized spacial score (nSPS) is 18.3. The summed E-state index contributed by atoms with van der Waals surface area (Å²) in [5.41, 5.74) is 1.15. The fourth-order valence-electron chi connectivity index (χ4n) is 3.11. The van der Waals surface area contributed by atoms with Crippen LogP contribution in [0.25, 0.3) is 0 Å². The first-order valence-electron chi connectivity index (χ1n) is 8.37. The minimum Gasteiger partial charge on any atom is -0.359 e. The lowest BCUT2D eigenvalue weighted by Crippen LogP contribution is -2.34. The number of halogens is 1. The summed E-state index contributed by atoms with van der Waals surface area (Å²) in [6.45, 7) is 0.798. The smallest absolute Gasteiger partial charge is 0.223 e. The van der Waals surface area contributed by atoms with Gasteiger partial charge in [-0.25, -0.2) is 0 Å². The summed E-state index contributed by atoms with van der Waals surface area (Å²) < 4.78 is 0. The second-order valence-corrected chi connectivity index (χ2v) is 6.47. The standard InChI is InChI=1S/C18H25ClN2O2/c1-20-17(22)7-5-8-18(23)21-13-4-2-3-6-16(21)14-9-11-15(19)12-10-14/h9-12,16H,2-8,13H2,1H3,(H,20,22)/t16-/m1/s1. The summed E-state index contributed by atoms with van der Waals surface area (Å²) in [4.78, 5) is 25.9. The number of nitrogens with zero attached hydrogens (tertiary/aromatic N) is 1. The van der Waals surface area contributed by atoms with Gasteiger partial charge in [0.15, 0.2) is 0 Å². The van der Waals surface area contributed by atoms with Crippen LogP contribution in [-0.2, 0) is 9.59 Å². The van der Waals surface area contributed by atoms with Gasteiger partial charge in [-0.2, -0.15) is 0 Å². The molecule has 1 aromatic carbocycles. The molecule has 1 aromatic rings. The Morgan fingerprint density at radius 3 is 2.61 bits per heavy atom. The topological polar surface area (TPSA) is 49.4 Å². The maximum absolute atomic E-state index is 12.6. The average Bonchev–Trinajstić information content (AvgIpc) is 2.81. The Kier molecular flexibility index (Phi) is 6.90. The van der Waals surface area contributed by atoms with Gasteiger partial charge in [-0.05, 0) is 37.0 Å². The van der Waals surface area contributed by atoms with Crippen LogP contribution in [0.2, 0.25) is 5.02 Å². The SMILES string of the molecule is CNC(=O)CCCC(=O)N1CCCCC[C@@H]1c1ccc(Cl)cc1. The van der Waals surface area contributed by atoms with E-state index in [4.69, 9.17) is 11.6 Å². The molecular formula is C18H25ClN2O2. The highest BCUT2D eigenvalue weighted by Gasteiger charge is 2.26. The number of hydrogen-bond donors (Lipinski definition) is 1. The number of hydrogen-bond acceptors (Lipinski definition) is 2. The second kappa shape index (κ2) is 8.92. The minimum atomic E-state index is -0.0112. The van der Waals surface area contributed by atoms with E-state index in [1.165, 1.54) is 0 Å². The molecule has 0 aromatic heterocycles. The van der Waals surface area contributed by atoms with Crippen molar-refractivity contribution in [2.24, 2.45) is 0 Å². The van der Waals surface area contributed by atoms with E-state index in [0.29, 0.717) is 24.3 Å². The zero-order valence-corrected chi connectivity index (χ0v) is 14.4. The Hall–Kier alpha value is -1.55. The Morgan fingerprint density at radius 1 is 1.17 bits per heavy atom. The number of rotatable bonds is 5. The molecule has 1 N–H and O–H groups in total. The maximum atomic E-state index is 12.6. The van der Waals surface area contributed by atoms with Crippen LogP contribution in [0.5, 0.6) is 0 Å². The molecule has 1 heterocycles. The molecule has 0 radical (unpaired) electrons. The fourth-order valence-corrected chi connectivity index (χ4v) is 3.23. The van der Waals surface area contributed by atoms with Crippen LogP contribution >= 0.6 is 11.6 Å². The van der Waals surface area contributed by atoms with E-state index in [-0.39, 0.29) is 17.9 Å².